The Morgan fingerprint density at radius 3 is 2.92 bits per heavy atom. The van der Waals surface area contributed by atoms with Gasteiger partial charge in [0.2, 0.25) is 0 Å². The lowest BCUT2D eigenvalue weighted by Gasteiger charge is -2.44. The van der Waals surface area contributed by atoms with E-state index in [0.717, 1.165) is 11.0 Å². The molecule has 0 aromatic heterocycles. The smallest absolute Gasteiger partial charge is 0.161 e. The van der Waals surface area contributed by atoms with Crippen LogP contribution in [0.25, 0.3) is 0 Å². The first-order chi connectivity index (χ1) is 16.4. The number of ketones is 1. The zero-order valence-corrected chi connectivity index (χ0v) is 13.0. The van der Waals surface area contributed by atoms with Crippen molar-refractivity contribution in [2.24, 2.45) is 5.92 Å². The Morgan fingerprint density at radius 1 is 1.46 bits per heavy atom. The maximum Gasteiger partial charge on any atom is 0.161 e. The average Bonchev–Trinajstić information content (AvgIpc) is 2.64. The summed E-state index contributed by atoms with van der Waals surface area (Å²) in [5.41, 5.74) is -2.36. The molecule has 5 heteroatoms. The van der Waals surface area contributed by atoms with Gasteiger partial charge in [-0.15, -0.1) is 0 Å². The largest absolute Gasteiger partial charge is 0.493 e. The van der Waals surface area contributed by atoms with E-state index in [9.17, 15) is 9.90 Å². The third kappa shape index (κ3) is 3.28. The van der Waals surface area contributed by atoms with E-state index in [-0.39, 0.29) is 24.3 Å². The van der Waals surface area contributed by atoms with Gasteiger partial charge in [0.1, 0.15) is 5.78 Å². The Kier molecular flexibility index (Phi) is 1.95. The number of nitrogens with zero attached hydrogens (tertiary/aromatic N) is 1. The van der Waals surface area contributed by atoms with Gasteiger partial charge in [0.05, 0.1) is 27.9 Å². The summed E-state index contributed by atoms with van der Waals surface area (Å²) in [4.78, 5) is 14.4. The number of rotatable bonds is 4. The van der Waals surface area contributed by atoms with Crippen LogP contribution in [0.4, 0.5) is 0 Å². The number of piperidine rings is 1. The molecule has 0 radical (unpaired) electrons. The highest BCUT2D eigenvalue weighted by Crippen LogP contribution is 2.42. The van der Waals surface area contributed by atoms with Gasteiger partial charge in [-0.2, -0.15) is 0 Å². The maximum atomic E-state index is 13.2. The Bertz CT molecular complexity index is 1060. The van der Waals surface area contributed by atoms with Gasteiger partial charge >= 0.3 is 0 Å². The van der Waals surface area contributed by atoms with Crippen LogP contribution in [-0.2, 0) is 11.2 Å². The fraction of sp³-hybridized carbons (Fsp3) is 0.632. The van der Waals surface area contributed by atoms with Gasteiger partial charge in [0, 0.05) is 41.0 Å². The number of benzene rings is 1. The number of fused-ring (bicyclic) bond motifs is 3. The zero-order valence-electron chi connectivity index (χ0n) is 26.0. The third-order valence-corrected chi connectivity index (χ3v) is 4.22. The Morgan fingerprint density at radius 2 is 2.21 bits per heavy atom. The van der Waals surface area contributed by atoms with Gasteiger partial charge in [0.15, 0.2) is 11.5 Å². The molecule has 0 aliphatic carbocycles. The summed E-state index contributed by atoms with van der Waals surface area (Å²) < 4.78 is 111. The van der Waals surface area contributed by atoms with Crippen LogP contribution in [0.1, 0.15) is 61.6 Å². The van der Waals surface area contributed by atoms with E-state index in [0.29, 0.717) is 12.5 Å². The summed E-state index contributed by atoms with van der Waals surface area (Å²) in [5, 5.41) is 10.6. The van der Waals surface area contributed by atoms with Crippen molar-refractivity contribution < 1.29 is 37.2 Å². The van der Waals surface area contributed by atoms with Crippen LogP contribution >= 0.6 is 0 Å². The molecule has 132 valence electrons. The van der Waals surface area contributed by atoms with E-state index in [2.05, 4.69) is 0 Å². The number of methoxy groups -OCH3 is 2. The number of carbonyl (C=O) groups is 1. The van der Waals surface area contributed by atoms with Crippen molar-refractivity contribution in [2.75, 3.05) is 27.1 Å². The molecule has 1 unspecified atom stereocenters. The van der Waals surface area contributed by atoms with Crippen molar-refractivity contribution in [2.45, 2.75) is 44.6 Å². The van der Waals surface area contributed by atoms with E-state index in [4.69, 9.17) is 27.3 Å². The molecular weight excluding hydrogens is 306 g/mol. The molecular formula is C19H27NO4. The van der Waals surface area contributed by atoms with Gasteiger partial charge in [-0.05, 0) is 49.8 Å². The Labute approximate surface area is 161 Å². The molecule has 1 fully saturated rings. The predicted molar refractivity (Wildman–Crippen MR) is 91.6 cm³/mol. The minimum atomic E-state index is -3.26. The summed E-state index contributed by atoms with van der Waals surface area (Å²) in [6.07, 6.45) is -3.60. The highest BCUT2D eigenvalue weighted by atomic mass is 16.5. The van der Waals surface area contributed by atoms with Crippen LogP contribution in [0.2, 0.25) is 0 Å². The molecule has 2 heterocycles. The second-order valence-corrected chi connectivity index (χ2v) is 6.11. The molecule has 0 bridgehead atoms. The standard InChI is InChI=1S/C19H27NO4/c1-19(2,22)10-13-11-20-6-5-12-7-17(23-3)18(24-4)8-14(12)15(20)9-16(13)21/h7-8,13,15,22H,5-6,9-11H2,1-4H3/t13-,15-/m0/s1/i1D3,3D3,4D3,10D2,11D2/t13-,15-,19?. The summed E-state index contributed by atoms with van der Waals surface area (Å²) >= 11 is 0. The summed E-state index contributed by atoms with van der Waals surface area (Å²) in [7, 11) is -5.92. The SMILES string of the molecule is [2H]C([2H])([2H])Oc1cc2c(cc1OC([2H])([2H])[2H])[C@@H]1CC(=O)[C@@H](C([2H])([2H])C(C)(O)C([2H])([2H])[2H])C([2H])([2H])N1CC2. The molecule has 1 aromatic rings. The minimum absolute atomic E-state index is 0.0763. The van der Waals surface area contributed by atoms with Gasteiger partial charge in [-0.25, -0.2) is 0 Å². The Balaban J connectivity index is 2.10. The fourth-order valence-electron chi connectivity index (χ4n) is 3.18. The first kappa shape index (κ1) is 7.34. The van der Waals surface area contributed by atoms with Crippen LogP contribution in [0.3, 0.4) is 0 Å². The molecule has 0 spiro atoms. The normalized spacial score (nSPS) is 38.6. The van der Waals surface area contributed by atoms with E-state index in [1.54, 1.807) is 0 Å². The number of carbonyl (C=O) groups excluding carboxylic acids is 1. The van der Waals surface area contributed by atoms with Crippen molar-refractivity contribution in [3.05, 3.63) is 23.3 Å². The van der Waals surface area contributed by atoms with E-state index in [1.807, 2.05) is 0 Å². The molecule has 3 atom stereocenters. The van der Waals surface area contributed by atoms with Crippen LogP contribution < -0.4 is 9.47 Å². The van der Waals surface area contributed by atoms with Crippen LogP contribution in [0.5, 0.6) is 11.5 Å². The van der Waals surface area contributed by atoms with Gasteiger partial charge in [-0.1, -0.05) is 0 Å². The van der Waals surface area contributed by atoms with Crippen molar-refractivity contribution in [1.82, 2.24) is 4.90 Å². The maximum absolute atomic E-state index is 13.2. The quantitative estimate of drug-likeness (QED) is 0.907. The van der Waals surface area contributed by atoms with E-state index in [1.165, 1.54) is 6.07 Å². The number of ether oxygens (including phenoxy) is 2. The predicted octanol–water partition coefficient (Wildman–Crippen LogP) is 2.35. The lowest BCUT2D eigenvalue weighted by Crippen LogP contribution is -2.47. The van der Waals surface area contributed by atoms with Crippen LogP contribution in [0, 0.1) is 5.92 Å². The third-order valence-electron chi connectivity index (χ3n) is 4.22. The molecule has 0 amide bonds. The number of Topliss-reactive ketones (excluding diaryl/α,β-unsaturated/α-hetero) is 1. The molecule has 3 rings (SSSR count). The van der Waals surface area contributed by atoms with Crippen LogP contribution in [0.15, 0.2) is 12.1 Å². The molecule has 2 aliphatic heterocycles. The second kappa shape index (κ2) is 6.37. The van der Waals surface area contributed by atoms with E-state index >= 15 is 0 Å². The number of hydrogen-bond donors (Lipinski definition) is 1. The molecule has 1 aromatic carbocycles. The van der Waals surface area contributed by atoms with Gasteiger partial charge in [0.25, 0.3) is 0 Å². The molecule has 0 saturated carbocycles. The first-order valence-electron chi connectivity index (χ1n) is 14.0. The summed E-state index contributed by atoms with van der Waals surface area (Å²) in [6, 6.07) is 1.39. The molecule has 1 saturated heterocycles. The van der Waals surface area contributed by atoms with Gasteiger partial charge < -0.3 is 14.6 Å². The second-order valence-electron chi connectivity index (χ2n) is 6.11. The number of aliphatic hydroxyl groups is 1. The molecule has 1 N–H and O–H groups in total. The lowest BCUT2D eigenvalue weighted by molar-refractivity contribution is -0.131. The zero-order chi connectivity index (χ0) is 28.6. The van der Waals surface area contributed by atoms with Crippen molar-refractivity contribution in [1.29, 1.82) is 0 Å². The molecule has 5 nitrogen and oxygen atoms in total. The Hall–Kier alpha value is -1.59. The highest BCUT2D eigenvalue weighted by molar-refractivity contribution is 5.83. The summed E-state index contributed by atoms with van der Waals surface area (Å²) in [6.45, 7) is -5.40. The van der Waals surface area contributed by atoms with Crippen molar-refractivity contribution in [3.63, 3.8) is 0 Å². The van der Waals surface area contributed by atoms with Gasteiger partial charge in [-0.3, -0.25) is 9.69 Å². The molecule has 2 aliphatic rings. The van der Waals surface area contributed by atoms with Crippen LogP contribution in [-0.4, -0.2) is 48.5 Å². The average molecular weight is 347 g/mol. The first-order valence-corrected chi connectivity index (χ1v) is 7.47. The van der Waals surface area contributed by atoms with Crippen molar-refractivity contribution in [3.8, 4) is 11.5 Å². The monoisotopic (exact) mass is 346 g/mol. The lowest BCUT2D eigenvalue weighted by atomic mass is 9.79. The summed E-state index contributed by atoms with van der Waals surface area (Å²) in [5.74, 6) is -3.98. The number of hydrogen-bond acceptors (Lipinski definition) is 5. The fourth-order valence-corrected chi connectivity index (χ4v) is 3.18. The molecule has 24 heavy (non-hydrogen) atoms. The topological polar surface area (TPSA) is 59.0 Å². The van der Waals surface area contributed by atoms with E-state index < -0.39 is 69.3 Å². The van der Waals surface area contributed by atoms with Crippen molar-refractivity contribution >= 4 is 5.78 Å². The highest BCUT2D eigenvalue weighted by Gasteiger charge is 2.40. The minimum Gasteiger partial charge on any atom is -0.493 e.